The van der Waals surface area contributed by atoms with Gasteiger partial charge in [-0.05, 0) is 22.0 Å². The van der Waals surface area contributed by atoms with Crippen LogP contribution in [0.5, 0.6) is 0 Å². The molecule has 0 amide bonds. The lowest BCUT2D eigenvalue weighted by Gasteiger charge is -2.05. The maximum absolute atomic E-state index is 12.8. The predicted octanol–water partition coefficient (Wildman–Crippen LogP) is 2.41. The normalized spacial score (nSPS) is 10.9. The zero-order valence-corrected chi connectivity index (χ0v) is 7.85. The second kappa shape index (κ2) is 4.06. The first kappa shape index (κ1) is 10.5. The number of alkyl halides is 2. The van der Waals surface area contributed by atoms with E-state index >= 15 is 0 Å². The number of aliphatic hydroxyl groups excluding tert-OH is 1. The Balaban J connectivity index is 3.22. The van der Waals surface area contributed by atoms with Crippen molar-refractivity contribution in [1.29, 1.82) is 0 Å². The van der Waals surface area contributed by atoms with E-state index in [1.54, 1.807) is 0 Å². The summed E-state index contributed by atoms with van der Waals surface area (Å²) in [5, 5.41) is 8.55. The van der Waals surface area contributed by atoms with Gasteiger partial charge in [0, 0.05) is 4.47 Å². The SMILES string of the molecule is OCc1nc(C(F)F)c(Br)cc1F. The van der Waals surface area contributed by atoms with Gasteiger partial charge in [0.1, 0.15) is 17.2 Å². The Hall–Kier alpha value is -0.620. The van der Waals surface area contributed by atoms with Gasteiger partial charge in [-0.3, -0.25) is 0 Å². The van der Waals surface area contributed by atoms with E-state index in [-0.39, 0.29) is 10.2 Å². The topological polar surface area (TPSA) is 33.1 Å². The van der Waals surface area contributed by atoms with Crippen molar-refractivity contribution in [3.05, 3.63) is 27.7 Å². The van der Waals surface area contributed by atoms with E-state index in [4.69, 9.17) is 5.11 Å². The fourth-order valence-electron chi connectivity index (χ4n) is 0.785. The zero-order valence-electron chi connectivity index (χ0n) is 6.27. The molecular formula is C7H5BrF3NO. The van der Waals surface area contributed by atoms with Gasteiger partial charge in [0.05, 0.1) is 6.61 Å². The van der Waals surface area contributed by atoms with E-state index in [1.165, 1.54) is 0 Å². The summed E-state index contributed by atoms with van der Waals surface area (Å²) in [6.07, 6.45) is -2.79. The lowest BCUT2D eigenvalue weighted by molar-refractivity contribution is 0.143. The summed E-state index contributed by atoms with van der Waals surface area (Å²) in [5.74, 6) is -0.807. The minimum Gasteiger partial charge on any atom is -0.390 e. The van der Waals surface area contributed by atoms with Crippen molar-refractivity contribution in [2.45, 2.75) is 13.0 Å². The number of hydrogen-bond donors (Lipinski definition) is 1. The number of hydrogen-bond acceptors (Lipinski definition) is 2. The van der Waals surface area contributed by atoms with Crippen molar-refractivity contribution in [1.82, 2.24) is 4.98 Å². The molecule has 13 heavy (non-hydrogen) atoms. The average molecular weight is 256 g/mol. The summed E-state index contributed by atoms with van der Waals surface area (Å²) in [6, 6.07) is 0.861. The molecule has 1 N–H and O–H groups in total. The summed E-state index contributed by atoms with van der Waals surface area (Å²) in [4.78, 5) is 3.27. The van der Waals surface area contributed by atoms with Gasteiger partial charge >= 0.3 is 0 Å². The maximum atomic E-state index is 12.8. The van der Waals surface area contributed by atoms with Crippen LogP contribution >= 0.6 is 15.9 Å². The van der Waals surface area contributed by atoms with Gasteiger partial charge in [-0.2, -0.15) is 0 Å². The highest BCUT2D eigenvalue weighted by atomic mass is 79.9. The minimum atomic E-state index is -2.79. The Kier molecular flexibility index (Phi) is 3.27. The van der Waals surface area contributed by atoms with Gasteiger partial charge in [0.25, 0.3) is 6.43 Å². The van der Waals surface area contributed by atoms with Crippen LogP contribution in [0, 0.1) is 5.82 Å². The molecule has 0 unspecified atom stereocenters. The number of pyridine rings is 1. The van der Waals surface area contributed by atoms with Gasteiger partial charge in [-0.1, -0.05) is 0 Å². The third-order valence-corrected chi connectivity index (χ3v) is 2.02. The van der Waals surface area contributed by atoms with Crippen molar-refractivity contribution in [3.63, 3.8) is 0 Å². The van der Waals surface area contributed by atoms with Crippen molar-refractivity contribution in [3.8, 4) is 0 Å². The standard InChI is InChI=1S/C7H5BrF3NO/c8-3-1-4(9)5(2-13)12-6(3)7(10)11/h1,7,13H,2H2. The molecule has 6 heteroatoms. The van der Waals surface area contributed by atoms with Crippen LogP contribution in [0.4, 0.5) is 13.2 Å². The van der Waals surface area contributed by atoms with Crippen molar-refractivity contribution >= 4 is 15.9 Å². The molecular weight excluding hydrogens is 251 g/mol. The smallest absolute Gasteiger partial charge is 0.281 e. The Bertz CT molecular complexity index is 319. The third kappa shape index (κ3) is 2.19. The monoisotopic (exact) mass is 255 g/mol. The number of rotatable bonds is 2. The molecule has 0 bridgehead atoms. The molecule has 0 aliphatic carbocycles. The lowest BCUT2D eigenvalue weighted by Crippen LogP contribution is -2.01. The number of halogens is 4. The van der Waals surface area contributed by atoms with Crippen LogP contribution in [0.25, 0.3) is 0 Å². The molecule has 0 aromatic carbocycles. The Morgan fingerprint density at radius 2 is 2.15 bits per heavy atom. The molecule has 1 heterocycles. The molecule has 0 aliphatic rings. The first-order valence-corrected chi connectivity index (χ1v) is 4.09. The summed E-state index contributed by atoms with van der Waals surface area (Å²) in [6.45, 7) is -0.696. The average Bonchev–Trinajstić information content (AvgIpc) is 2.03. The van der Waals surface area contributed by atoms with Gasteiger partial charge in [-0.15, -0.1) is 0 Å². The maximum Gasteiger partial charge on any atom is 0.281 e. The van der Waals surface area contributed by atoms with E-state index in [0.29, 0.717) is 0 Å². The predicted molar refractivity (Wildman–Crippen MR) is 42.8 cm³/mol. The van der Waals surface area contributed by atoms with E-state index in [0.717, 1.165) is 6.07 Å². The molecule has 72 valence electrons. The first-order chi connectivity index (χ1) is 6.06. The minimum absolute atomic E-state index is 0.0998. The Labute approximate surface area is 80.5 Å². The Morgan fingerprint density at radius 1 is 1.54 bits per heavy atom. The van der Waals surface area contributed by atoms with Gasteiger partial charge in [-0.25, -0.2) is 18.2 Å². The van der Waals surface area contributed by atoms with Crippen molar-refractivity contribution < 1.29 is 18.3 Å². The number of nitrogens with zero attached hydrogens (tertiary/aromatic N) is 1. The van der Waals surface area contributed by atoms with Crippen molar-refractivity contribution in [2.24, 2.45) is 0 Å². The van der Waals surface area contributed by atoms with Crippen LogP contribution in [-0.2, 0) is 6.61 Å². The van der Waals surface area contributed by atoms with Crippen LogP contribution in [0.1, 0.15) is 17.8 Å². The fraction of sp³-hybridized carbons (Fsp3) is 0.286. The molecule has 0 saturated carbocycles. The van der Waals surface area contributed by atoms with E-state index < -0.39 is 24.5 Å². The highest BCUT2D eigenvalue weighted by Gasteiger charge is 2.16. The van der Waals surface area contributed by atoms with Crippen LogP contribution in [-0.4, -0.2) is 10.1 Å². The number of aliphatic hydroxyl groups is 1. The molecule has 0 aliphatic heterocycles. The molecule has 0 radical (unpaired) electrons. The quantitative estimate of drug-likeness (QED) is 0.881. The fourth-order valence-corrected chi connectivity index (χ4v) is 1.25. The summed E-state index contributed by atoms with van der Waals surface area (Å²) < 4.78 is 37.1. The number of aromatic nitrogens is 1. The van der Waals surface area contributed by atoms with Crippen LogP contribution < -0.4 is 0 Å². The molecule has 0 saturated heterocycles. The largest absolute Gasteiger partial charge is 0.390 e. The van der Waals surface area contributed by atoms with Gasteiger partial charge in [0.2, 0.25) is 0 Å². The van der Waals surface area contributed by atoms with Crippen LogP contribution in [0.15, 0.2) is 10.5 Å². The molecule has 1 aromatic heterocycles. The highest BCUT2D eigenvalue weighted by Crippen LogP contribution is 2.26. The molecule has 2 nitrogen and oxygen atoms in total. The summed E-state index contributed by atoms with van der Waals surface area (Å²) in [7, 11) is 0. The third-order valence-electron chi connectivity index (χ3n) is 1.39. The van der Waals surface area contributed by atoms with E-state index in [9.17, 15) is 13.2 Å². The second-order valence-electron chi connectivity index (χ2n) is 2.24. The highest BCUT2D eigenvalue weighted by molar-refractivity contribution is 9.10. The molecule has 1 rings (SSSR count). The first-order valence-electron chi connectivity index (χ1n) is 3.30. The molecule has 0 atom stereocenters. The summed E-state index contributed by atoms with van der Waals surface area (Å²) in [5.41, 5.74) is -0.941. The molecule has 1 aromatic rings. The van der Waals surface area contributed by atoms with Crippen LogP contribution in [0.2, 0.25) is 0 Å². The van der Waals surface area contributed by atoms with Crippen LogP contribution in [0.3, 0.4) is 0 Å². The molecule has 0 spiro atoms. The lowest BCUT2D eigenvalue weighted by atomic mass is 10.3. The van der Waals surface area contributed by atoms with E-state index in [2.05, 4.69) is 20.9 Å². The van der Waals surface area contributed by atoms with Gasteiger partial charge in [0.15, 0.2) is 0 Å². The van der Waals surface area contributed by atoms with E-state index in [1.807, 2.05) is 0 Å². The van der Waals surface area contributed by atoms with Crippen molar-refractivity contribution in [2.75, 3.05) is 0 Å². The second-order valence-corrected chi connectivity index (χ2v) is 3.10. The Morgan fingerprint density at radius 3 is 2.62 bits per heavy atom. The summed E-state index contributed by atoms with van der Waals surface area (Å²) >= 11 is 2.75. The van der Waals surface area contributed by atoms with Gasteiger partial charge < -0.3 is 5.11 Å². The zero-order chi connectivity index (χ0) is 10.0. The molecule has 0 fully saturated rings.